The topological polar surface area (TPSA) is 19.4 Å². The molecule has 4 rings (SSSR count). The zero-order valence-electron chi connectivity index (χ0n) is 11.8. The van der Waals surface area contributed by atoms with Crippen molar-refractivity contribution in [3.8, 4) is 0 Å². The van der Waals surface area contributed by atoms with Crippen LogP contribution in [0.15, 0.2) is 18.3 Å². The Morgan fingerprint density at radius 2 is 1.95 bits per heavy atom. The minimum absolute atomic E-state index is 0.779. The molecule has 0 spiro atoms. The van der Waals surface area contributed by atoms with Gasteiger partial charge in [0.25, 0.3) is 0 Å². The van der Waals surface area contributed by atoms with Crippen LogP contribution in [-0.4, -0.2) is 42.1 Å². The Labute approximate surface area is 125 Å². The number of pyridine rings is 1. The zero-order valence-corrected chi connectivity index (χ0v) is 12.6. The average molecular weight is 292 g/mol. The van der Waals surface area contributed by atoms with Crippen molar-refractivity contribution in [3.63, 3.8) is 0 Å². The molecule has 2 heterocycles. The van der Waals surface area contributed by atoms with E-state index in [0.717, 1.165) is 41.8 Å². The molecule has 20 heavy (non-hydrogen) atoms. The number of anilines is 1. The summed E-state index contributed by atoms with van der Waals surface area (Å²) in [6.45, 7) is 4.46. The van der Waals surface area contributed by atoms with Gasteiger partial charge in [0.2, 0.25) is 0 Å². The third kappa shape index (κ3) is 2.21. The van der Waals surface area contributed by atoms with Crippen LogP contribution in [0.25, 0.3) is 0 Å². The monoisotopic (exact) mass is 291 g/mol. The number of hydrogen-bond donors (Lipinski definition) is 0. The van der Waals surface area contributed by atoms with Crippen molar-refractivity contribution in [2.75, 3.05) is 31.1 Å². The molecule has 1 aliphatic heterocycles. The highest BCUT2D eigenvalue weighted by Gasteiger charge is 2.42. The molecule has 3 atom stereocenters. The minimum Gasteiger partial charge on any atom is -0.353 e. The summed E-state index contributed by atoms with van der Waals surface area (Å²) in [5, 5.41) is 0.779. The highest BCUT2D eigenvalue weighted by Crippen LogP contribution is 2.46. The predicted molar refractivity (Wildman–Crippen MR) is 82.3 cm³/mol. The quantitative estimate of drug-likeness (QED) is 0.835. The predicted octanol–water partition coefficient (Wildman–Crippen LogP) is 3.05. The molecule has 0 radical (unpaired) electrons. The minimum atomic E-state index is 0.779. The number of fused-ring (bicyclic) bond motifs is 2. The fourth-order valence-electron chi connectivity index (χ4n) is 4.53. The Balaban J connectivity index is 1.40. The average Bonchev–Trinajstić information content (AvgIpc) is 3.11. The Bertz CT molecular complexity index is 484. The molecule has 0 unspecified atom stereocenters. The highest BCUT2D eigenvalue weighted by atomic mass is 35.5. The fraction of sp³-hybridized carbons (Fsp3) is 0.688. The van der Waals surface area contributed by atoms with Gasteiger partial charge in [-0.25, -0.2) is 4.98 Å². The molecule has 1 aromatic rings. The Kier molecular flexibility index (Phi) is 3.35. The lowest BCUT2D eigenvalue weighted by atomic mass is 9.93. The van der Waals surface area contributed by atoms with Crippen LogP contribution in [0, 0.1) is 11.8 Å². The van der Waals surface area contributed by atoms with E-state index in [-0.39, 0.29) is 0 Å². The molecule has 4 heteroatoms. The molecule has 108 valence electrons. The smallest absolute Gasteiger partial charge is 0.147 e. The highest BCUT2D eigenvalue weighted by molar-refractivity contribution is 6.32. The maximum atomic E-state index is 6.25. The first-order chi connectivity index (χ1) is 9.81. The van der Waals surface area contributed by atoms with E-state index in [1.807, 2.05) is 18.3 Å². The van der Waals surface area contributed by atoms with Crippen molar-refractivity contribution in [1.82, 2.24) is 9.88 Å². The summed E-state index contributed by atoms with van der Waals surface area (Å²) in [4.78, 5) is 9.51. The van der Waals surface area contributed by atoms with Crippen LogP contribution < -0.4 is 4.90 Å². The van der Waals surface area contributed by atoms with Gasteiger partial charge in [0.1, 0.15) is 5.82 Å². The lowest BCUT2D eigenvalue weighted by Gasteiger charge is -2.41. The van der Waals surface area contributed by atoms with Crippen LogP contribution in [-0.2, 0) is 0 Å². The molecule has 3 aliphatic rings. The van der Waals surface area contributed by atoms with Crippen LogP contribution in [0.2, 0.25) is 5.02 Å². The number of hydrogen-bond acceptors (Lipinski definition) is 3. The second kappa shape index (κ2) is 5.19. The molecule has 1 aromatic heterocycles. The van der Waals surface area contributed by atoms with E-state index in [1.165, 1.54) is 38.8 Å². The van der Waals surface area contributed by atoms with Gasteiger partial charge in [-0.2, -0.15) is 0 Å². The zero-order chi connectivity index (χ0) is 13.5. The summed E-state index contributed by atoms with van der Waals surface area (Å²) in [6, 6.07) is 4.71. The van der Waals surface area contributed by atoms with E-state index in [9.17, 15) is 0 Å². The van der Waals surface area contributed by atoms with Gasteiger partial charge < -0.3 is 4.90 Å². The summed E-state index contributed by atoms with van der Waals surface area (Å²) in [5.41, 5.74) is 0. The van der Waals surface area contributed by atoms with Gasteiger partial charge in [-0.15, -0.1) is 0 Å². The van der Waals surface area contributed by atoms with E-state index >= 15 is 0 Å². The van der Waals surface area contributed by atoms with Crippen molar-refractivity contribution in [2.24, 2.45) is 11.8 Å². The number of nitrogens with zero attached hydrogens (tertiary/aromatic N) is 3. The molecule has 1 saturated heterocycles. The molecular weight excluding hydrogens is 270 g/mol. The first kappa shape index (κ1) is 12.9. The molecular formula is C16H22ClN3. The largest absolute Gasteiger partial charge is 0.353 e. The van der Waals surface area contributed by atoms with E-state index in [2.05, 4.69) is 14.8 Å². The van der Waals surface area contributed by atoms with Crippen LogP contribution >= 0.6 is 11.6 Å². The van der Waals surface area contributed by atoms with Crippen LogP contribution in [0.1, 0.15) is 25.7 Å². The van der Waals surface area contributed by atoms with Crippen molar-refractivity contribution in [3.05, 3.63) is 23.4 Å². The molecule has 3 nitrogen and oxygen atoms in total. The standard InChI is InChI=1S/C16H22ClN3/c17-14-2-1-5-18-16(14)20-8-6-19(7-9-20)15-11-12-3-4-13(15)10-12/h1-2,5,12-13,15H,3-4,6-11H2/t12-,13-,15+/m0/s1. The molecule has 2 aliphatic carbocycles. The van der Waals surface area contributed by atoms with Crippen molar-refractivity contribution >= 4 is 17.4 Å². The Hall–Kier alpha value is -0.800. The van der Waals surface area contributed by atoms with Gasteiger partial charge >= 0.3 is 0 Å². The second-order valence-electron chi connectivity index (χ2n) is 6.57. The normalized spacial score (nSPS) is 33.9. The second-order valence-corrected chi connectivity index (χ2v) is 6.98. The van der Waals surface area contributed by atoms with E-state index in [4.69, 9.17) is 11.6 Å². The number of halogens is 1. The maximum absolute atomic E-state index is 6.25. The summed E-state index contributed by atoms with van der Waals surface area (Å²) < 4.78 is 0. The fourth-order valence-corrected chi connectivity index (χ4v) is 4.77. The van der Waals surface area contributed by atoms with E-state index in [0.29, 0.717) is 0 Å². The van der Waals surface area contributed by atoms with Crippen molar-refractivity contribution in [1.29, 1.82) is 0 Å². The number of piperazine rings is 1. The van der Waals surface area contributed by atoms with Crippen molar-refractivity contribution in [2.45, 2.75) is 31.7 Å². The van der Waals surface area contributed by atoms with Gasteiger partial charge in [0.05, 0.1) is 5.02 Å². The van der Waals surface area contributed by atoms with Gasteiger partial charge in [0.15, 0.2) is 0 Å². The van der Waals surface area contributed by atoms with Gasteiger partial charge in [-0.05, 0) is 43.2 Å². The van der Waals surface area contributed by atoms with Gasteiger partial charge in [-0.3, -0.25) is 4.90 Å². The lowest BCUT2D eigenvalue weighted by Crippen LogP contribution is -2.52. The van der Waals surface area contributed by atoms with Crippen LogP contribution in [0.5, 0.6) is 0 Å². The maximum Gasteiger partial charge on any atom is 0.147 e. The van der Waals surface area contributed by atoms with Crippen LogP contribution in [0.4, 0.5) is 5.82 Å². The van der Waals surface area contributed by atoms with Crippen molar-refractivity contribution < 1.29 is 0 Å². The molecule has 3 fully saturated rings. The molecule has 2 bridgehead atoms. The summed E-state index contributed by atoms with van der Waals surface area (Å²) >= 11 is 6.25. The summed E-state index contributed by atoms with van der Waals surface area (Å²) in [5.74, 6) is 2.99. The third-order valence-electron chi connectivity index (χ3n) is 5.52. The van der Waals surface area contributed by atoms with Gasteiger partial charge in [-0.1, -0.05) is 18.0 Å². The lowest BCUT2D eigenvalue weighted by molar-refractivity contribution is 0.134. The number of rotatable bonds is 2. The third-order valence-corrected chi connectivity index (χ3v) is 5.82. The first-order valence-corrected chi connectivity index (χ1v) is 8.28. The summed E-state index contributed by atoms with van der Waals surface area (Å²) in [7, 11) is 0. The van der Waals surface area contributed by atoms with Gasteiger partial charge in [0, 0.05) is 38.4 Å². The first-order valence-electron chi connectivity index (χ1n) is 7.91. The number of aromatic nitrogens is 1. The van der Waals surface area contributed by atoms with Crippen LogP contribution in [0.3, 0.4) is 0 Å². The Morgan fingerprint density at radius 1 is 1.10 bits per heavy atom. The van der Waals surface area contributed by atoms with E-state index in [1.54, 1.807) is 0 Å². The Morgan fingerprint density at radius 3 is 2.60 bits per heavy atom. The molecule has 0 aromatic carbocycles. The van der Waals surface area contributed by atoms with E-state index < -0.39 is 0 Å². The summed E-state index contributed by atoms with van der Waals surface area (Å²) in [6.07, 6.45) is 7.75. The molecule has 2 saturated carbocycles. The SMILES string of the molecule is Clc1cccnc1N1CCN([C@@H]2C[C@H]3CC[C@H]2C3)CC1. The molecule has 0 amide bonds. The molecule has 0 N–H and O–H groups in total.